The summed E-state index contributed by atoms with van der Waals surface area (Å²) in [5.41, 5.74) is 2.24. The summed E-state index contributed by atoms with van der Waals surface area (Å²) in [5, 5.41) is 8.45. The van der Waals surface area contributed by atoms with Crippen molar-refractivity contribution in [1.29, 1.82) is 0 Å². The van der Waals surface area contributed by atoms with Gasteiger partial charge in [-0.15, -0.1) is 0 Å². The Hall–Kier alpha value is -1.89. The average molecular weight is 345 g/mol. The molecule has 2 heterocycles. The molecule has 1 aromatic carbocycles. The van der Waals surface area contributed by atoms with Crippen molar-refractivity contribution >= 4 is 33.5 Å². The van der Waals surface area contributed by atoms with Gasteiger partial charge in [-0.1, -0.05) is 11.3 Å². The minimum Gasteiger partial charge on any atom is -0.492 e. The highest BCUT2D eigenvalue weighted by Crippen LogP contribution is 2.32. The molecule has 0 saturated carbocycles. The van der Waals surface area contributed by atoms with Gasteiger partial charge < -0.3 is 15.0 Å². The second-order valence-electron chi connectivity index (χ2n) is 5.34. The predicted molar refractivity (Wildman–Crippen MR) is 99.2 cm³/mol. The van der Waals surface area contributed by atoms with E-state index in [-0.39, 0.29) is 0 Å². The van der Waals surface area contributed by atoms with Crippen molar-refractivity contribution < 1.29 is 4.74 Å². The molecule has 0 amide bonds. The van der Waals surface area contributed by atoms with Gasteiger partial charge in [-0.3, -0.25) is 0 Å². The van der Waals surface area contributed by atoms with Crippen LogP contribution in [0.3, 0.4) is 0 Å². The number of hydrogen-bond acceptors (Lipinski definition) is 6. The zero-order chi connectivity index (χ0) is 16.1. The maximum absolute atomic E-state index is 5.69. The molecular formula is C17H19N3OS2. The van der Waals surface area contributed by atoms with Crippen LogP contribution < -0.4 is 10.1 Å². The van der Waals surface area contributed by atoms with Gasteiger partial charge in [0.05, 0.1) is 4.88 Å². The van der Waals surface area contributed by atoms with Crippen molar-refractivity contribution in [2.75, 3.05) is 32.6 Å². The molecule has 1 N–H and O–H groups in total. The van der Waals surface area contributed by atoms with Gasteiger partial charge in [-0.25, -0.2) is 4.98 Å². The minimum absolute atomic E-state index is 0.691. The lowest BCUT2D eigenvalue weighted by Crippen LogP contribution is -2.19. The summed E-state index contributed by atoms with van der Waals surface area (Å²) in [7, 11) is 4.07. The normalized spacial score (nSPS) is 10.9. The Balaban J connectivity index is 1.58. The van der Waals surface area contributed by atoms with Crippen LogP contribution in [0.25, 0.3) is 10.4 Å². The summed E-state index contributed by atoms with van der Waals surface area (Å²) in [4.78, 5) is 7.71. The molecule has 0 aliphatic rings. The Bertz CT molecular complexity index is 721. The fourth-order valence-corrected chi connectivity index (χ4v) is 3.54. The van der Waals surface area contributed by atoms with E-state index in [1.807, 2.05) is 44.6 Å². The van der Waals surface area contributed by atoms with Crippen LogP contribution in [0, 0.1) is 0 Å². The summed E-state index contributed by atoms with van der Waals surface area (Å²) in [6.07, 6.45) is 1.91. The van der Waals surface area contributed by atoms with Crippen molar-refractivity contribution in [2.24, 2.45) is 0 Å². The van der Waals surface area contributed by atoms with Crippen LogP contribution in [-0.4, -0.2) is 37.1 Å². The average Bonchev–Trinajstić information content (AvgIpc) is 3.19. The van der Waals surface area contributed by atoms with Gasteiger partial charge in [0.25, 0.3) is 0 Å². The number of ether oxygens (including phenoxy) is 1. The number of nitrogens with zero attached hydrogens (tertiary/aromatic N) is 2. The number of rotatable bonds is 7. The second-order valence-corrected chi connectivity index (χ2v) is 7.15. The molecular weight excluding hydrogens is 326 g/mol. The molecule has 3 aromatic rings. The molecule has 0 spiro atoms. The number of thiophene rings is 1. The molecule has 0 aliphatic carbocycles. The first-order chi connectivity index (χ1) is 11.2. The fraction of sp³-hybridized carbons (Fsp3) is 0.235. The van der Waals surface area contributed by atoms with Crippen LogP contribution in [0.5, 0.6) is 5.75 Å². The van der Waals surface area contributed by atoms with Crippen LogP contribution in [0.4, 0.5) is 10.8 Å². The minimum atomic E-state index is 0.691. The molecule has 0 fully saturated rings. The highest BCUT2D eigenvalue weighted by Gasteiger charge is 2.05. The number of anilines is 2. The molecule has 3 rings (SSSR count). The van der Waals surface area contributed by atoms with Crippen molar-refractivity contribution in [3.8, 4) is 16.2 Å². The monoisotopic (exact) mass is 345 g/mol. The highest BCUT2D eigenvalue weighted by molar-refractivity contribution is 7.19. The van der Waals surface area contributed by atoms with Crippen molar-refractivity contribution in [3.63, 3.8) is 0 Å². The van der Waals surface area contributed by atoms with E-state index in [1.165, 1.54) is 10.4 Å². The van der Waals surface area contributed by atoms with Crippen LogP contribution in [0.2, 0.25) is 0 Å². The van der Waals surface area contributed by atoms with Gasteiger partial charge >= 0.3 is 0 Å². The topological polar surface area (TPSA) is 37.4 Å². The zero-order valence-electron chi connectivity index (χ0n) is 13.2. The number of thiazole rings is 1. The van der Waals surface area contributed by atoms with E-state index in [0.29, 0.717) is 6.61 Å². The molecule has 120 valence electrons. The van der Waals surface area contributed by atoms with Gasteiger partial charge in [0.15, 0.2) is 5.13 Å². The Morgan fingerprint density at radius 2 is 2.00 bits per heavy atom. The first kappa shape index (κ1) is 16.0. The molecule has 0 unspecified atom stereocenters. The molecule has 2 aromatic heterocycles. The van der Waals surface area contributed by atoms with Crippen molar-refractivity contribution in [1.82, 2.24) is 9.88 Å². The van der Waals surface area contributed by atoms with Crippen LogP contribution in [-0.2, 0) is 0 Å². The first-order valence-electron chi connectivity index (χ1n) is 7.34. The van der Waals surface area contributed by atoms with E-state index in [0.717, 1.165) is 23.1 Å². The number of benzene rings is 1. The van der Waals surface area contributed by atoms with Crippen molar-refractivity contribution in [2.45, 2.75) is 0 Å². The maximum Gasteiger partial charge on any atom is 0.187 e. The molecule has 6 heteroatoms. The Kier molecular flexibility index (Phi) is 5.27. The Morgan fingerprint density at radius 3 is 2.70 bits per heavy atom. The van der Waals surface area contributed by atoms with Crippen LogP contribution >= 0.6 is 22.7 Å². The lowest BCUT2D eigenvalue weighted by molar-refractivity contribution is 0.261. The largest absolute Gasteiger partial charge is 0.492 e. The summed E-state index contributed by atoms with van der Waals surface area (Å²) >= 11 is 3.35. The number of likely N-dealkylation sites (N-methyl/N-ethyl adjacent to an activating group) is 1. The summed E-state index contributed by atoms with van der Waals surface area (Å²) in [5.74, 6) is 0.885. The summed E-state index contributed by atoms with van der Waals surface area (Å²) < 4.78 is 5.69. The Labute approximate surface area is 144 Å². The van der Waals surface area contributed by atoms with E-state index >= 15 is 0 Å². The molecule has 0 bridgehead atoms. The standard InChI is InChI=1S/C17H19N3OS2/c1-20(2)8-9-21-15-5-3-14(4-6-15)19-17-18-11-16(23-17)13-7-10-22-12-13/h3-7,10-12H,8-9H2,1-2H3,(H,18,19). The quantitative estimate of drug-likeness (QED) is 0.681. The van der Waals surface area contributed by atoms with E-state index in [1.54, 1.807) is 22.7 Å². The van der Waals surface area contributed by atoms with Gasteiger partial charge in [0.1, 0.15) is 12.4 Å². The van der Waals surface area contributed by atoms with Gasteiger partial charge in [0.2, 0.25) is 0 Å². The van der Waals surface area contributed by atoms with E-state index in [4.69, 9.17) is 4.74 Å². The van der Waals surface area contributed by atoms with Gasteiger partial charge in [-0.05, 0) is 55.2 Å². The Morgan fingerprint density at radius 1 is 1.17 bits per heavy atom. The second kappa shape index (κ2) is 7.59. The predicted octanol–water partition coefficient (Wildman–Crippen LogP) is 4.56. The number of nitrogens with one attached hydrogen (secondary N) is 1. The van der Waals surface area contributed by atoms with Gasteiger partial charge in [-0.2, -0.15) is 11.3 Å². The summed E-state index contributed by atoms with van der Waals surface area (Å²) in [6.45, 7) is 1.60. The van der Waals surface area contributed by atoms with E-state index < -0.39 is 0 Å². The highest BCUT2D eigenvalue weighted by atomic mass is 32.1. The third kappa shape index (κ3) is 4.54. The molecule has 4 nitrogen and oxygen atoms in total. The van der Waals surface area contributed by atoms with Crippen molar-refractivity contribution in [3.05, 3.63) is 47.3 Å². The molecule has 0 aliphatic heterocycles. The van der Waals surface area contributed by atoms with Gasteiger partial charge in [0, 0.05) is 24.0 Å². The lowest BCUT2D eigenvalue weighted by Gasteiger charge is -2.11. The molecule has 0 radical (unpaired) electrons. The third-order valence-electron chi connectivity index (χ3n) is 3.22. The maximum atomic E-state index is 5.69. The SMILES string of the molecule is CN(C)CCOc1ccc(Nc2ncc(-c3ccsc3)s2)cc1. The molecule has 0 atom stereocenters. The summed E-state index contributed by atoms with van der Waals surface area (Å²) in [6, 6.07) is 10.1. The fourth-order valence-electron chi connectivity index (χ4n) is 1.97. The molecule has 23 heavy (non-hydrogen) atoms. The van der Waals surface area contributed by atoms with E-state index in [2.05, 4.69) is 32.0 Å². The number of hydrogen-bond donors (Lipinski definition) is 1. The third-order valence-corrected chi connectivity index (χ3v) is 4.87. The van der Waals surface area contributed by atoms with Crippen LogP contribution in [0.1, 0.15) is 0 Å². The first-order valence-corrected chi connectivity index (χ1v) is 9.09. The molecule has 0 saturated heterocycles. The smallest absolute Gasteiger partial charge is 0.187 e. The van der Waals surface area contributed by atoms with E-state index in [9.17, 15) is 0 Å². The number of aromatic nitrogens is 1. The van der Waals surface area contributed by atoms with Crippen LogP contribution in [0.15, 0.2) is 47.3 Å². The lowest BCUT2D eigenvalue weighted by atomic mass is 10.3. The zero-order valence-corrected chi connectivity index (χ0v) is 14.8.